The second-order valence-corrected chi connectivity index (χ2v) is 4.90. The number of amides is 1. The molecule has 6 heteroatoms. The van der Waals surface area contributed by atoms with Crippen molar-refractivity contribution in [2.75, 3.05) is 33.9 Å². The monoisotopic (exact) mass is 263 g/mol. The van der Waals surface area contributed by atoms with Gasteiger partial charge in [-0.2, -0.15) is 0 Å². The predicted molar refractivity (Wildman–Crippen MR) is 67.3 cm³/mol. The normalized spacial score (nSPS) is 11.7. The van der Waals surface area contributed by atoms with Crippen molar-refractivity contribution in [3.8, 4) is 0 Å². The molecule has 0 saturated carbocycles. The van der Waals surface area contributed by atoms with Gasteiger partial charge in [0.15, 0.2) is 6.29 Å². The first-order valence-corrected chi connectivity index (χ1v) is 5.98. The van der Waals surface area contributed by atoms with Gasteiger partial charge in [-0.3, -0.25) is 0 Å². The van der Waals surface area contributed by atoms with Gasteiger partial charge in [0.05, 0.1) is 6.54 Å². The van der Waals surface area contributed by atoms with Gasteiger partial charge >= 0.3 is 6.09 Å². The highest BCUT2D eigenvalue weighted by Gasteiger charge is 2.24. The van der Waals surface area contributed by atoms with Crippen molar-refractivity contribution >= 4 is 6.09 Å². The first-order chi connectivity index (χ1) is 8.34. The largest absolute Gasteiger partial charge is 0.444 e. The lowest BCUT2D eigenvalue weighted by molar-refractivity contribution is -0.116. The summed E-state index contributed by atoms with van der Waals surface area (Å²) in [7, 11) is 3.01. The summed E-state index contributed by atoms with van der Waals surface area (Å²) in [6.07, 6.45) is -0.453. The third kappa shape index (κ3) is 7.47. The number of carbonyl (C=O) groups excluding carboxylic acids is 1. The molecule has 0 aromatic rings. The third-order valence-corrected chi connectivity index (χ3v) is 2.13. The molecule has 0 saturated heterocycles. The van der Waals surface area contributed by atoms with Crippen molar-refractivity contribution < 1.29 is 24.1 Å². The van der Waals surface area contributed by atoms with E-state index in [-0.39, 0.29) is 13.2 Å². The van der Waals surface area contributed by atoms with E-state index < -0.39 is 18.0 Å². The quantitative estimate of drug-likeness (QED) is 0.700. The standard InChI is InChI=1S/C12H25NO5/c1-12(2,3)18-11(15)13(7-6-8-14)9-10(16-4)17-5/h10,14H,6-9H2,1-5H3. The Morgan fingerprint density at radius 1 is 1.28 bits per heavy atom. The fourth-order valence-electron chi connectivity index (χ4n) is 1.27. The van der Waals surface area contributed by atoms with Crippen molar-refractivity contribution in [3.05, 3.63) is 0 Å². The molecule has 0 atom stereocenters. The molecule has 0 unspecified atom stereocenters. The molecule has 18 heavy (non-hydrogen) atoms. The summed E-state index contributed by atoms with van der Waals surface area (Å²) in [5.74, 6) is 0. The molecule has 108 valence electrons. The van der Waals surface area contributed by atoms with E-state index in [0.717, 1.165) is 0 Å². The highest BCUT2D eigenvalue weighted by atomic mass is 16.7. The first-order valence-electron chi connectivity index (χ1n) is 5.98. The van der Waals surface area contributed by atoms with E-state index in [9.17, 15) is 4.79 Å². The maximum atomic E-state index is 11.9. The highest BCUT2D eigenvalue weighted by Crippen LogP contribution is 2.11. The maximum absolute atomic E-state index is 11.9. The summed E-state index contributed by atoms with van der Waals surface area (Å²) in [5.41, 5.74) is -0.551. The Morgan fingerprint density at radius 3 is 2.22 bits per heavy atom. The molecule has 0 rings (SSSR count). The molecule has 0 aliphatic rings. The van der Waals surface area contributed by atoms with E-state index in [1.807, 2.05) is 0 Å². The second-order valence-electron chi connectivity index (χ2n) is 4.90. The van der Waals surface area contributed by atoms with E-state index in [1.165, 1.54) is 19.1 Å². The van der Waals surface area contributed by atoms with E-state index in [0.29, 0.717) is 13.0 Å². The van der Waals surface area contributed by atoms with Gasteiger partial charge in [-0.05, 0) is 27.2 Å². The first kappa shape index (κ1) is 17.2. The van der Waals surface area contributed by atoms with Crippen molar-refractivity contribution in [3.63, 3.8) is 0 Å². The zero-order valence-electron chi connectivity index (χ0n) is 11.9. The van der Waals surface area contributed by atoms with Crippen LogP contribution in [-0.4, -0.2) is 61.9 Å². The van der Waals surface area contributed by atoms with Crippen LogP contribution in [0.25, 0.3) is 0 Å². The van der Waals surface area contributed by atoms with Gasteiger partial charge in [-0.15, -0.1) is 0 Å². The molecule has 1 N–H and O–H groups in total. The van der Waals surface area contributed by atoms with E-state index >= 15 is 0 Å². The van der Waals surface area contributed by atoms with Gasteiger partial charge in [-0.25, -0.2) is 4.79 Å². The van der Waals surface area contributed by atoms with Gasteiger partial charge < -0.3 is 24.2 Å². The van der Waals surface area contributed by atoms with Crippen LogP contribution >= 0.6 is 0 Å². The molecule has 1 amide bonds. The predicted octanol–water partition coefficient (Wildman–Crippen LogP) is 1.22. The highest BCUT2D eigenvalue weighted by molar-refractivity contribution is 5.68. The van der Waals surface area contributed by atoms with Crippen LogP contribution in [0.15, 0.2) is 0 Å². The average molecular weight is 263 g/mol. The minimum Gasteiger partial charge on any atom is -0.444 e. The zero-order chi connectivity index (χ0) is 14.2. The molecule has 0 aliphatic heterocycles. The van der Waals surface area contributed by atoms with E-state index in [1.54, 1.807) is 20.8 Å². The van der Waals surface area contributed by atoms with E-state index in [4.69, 9.17) is 19.3 Å². The van der Waals surface area contributed by atoms with E-state index in [2.05, 4.69) is 0 Å². The second kappa shape index (κ2) is 8.29. The smallest absolute Gasteiger partial charge is 0.410 e. The molecule has 0 aromatic carbocycles. The van der Waals surface area contributed by atoms with Crippen LogP contribution in [0.3, 0.4) is 0 Å². The summed E-state index contributed by atoms with van der Waals surface area (Å²) < 4.78 is 15.4. The molecule has 0 bridgehead atoms. The molecule has 0 aliphatic carbocycles. The van der Waals surface area contributed by atoms with Gasteiger partial charge in [0.2, 0.25) is 0 Å². The molecular formula is C12H25NO5. The lowest BCUT2D eigenvalue weighted by Gasteiger charge is -2.29. The van der Waals surface area contributed by atoms with Crippen LogP contribution in [0.1, 0.15) is 27.2 Å². The number of nitrogens with zero attached hydrogens (tertiary/aromatic N) is 1. The fraction of sp³-hybridized carbons (Fsp3) is 0.917. The number of rotatable bonds is 7. The van der Waals surface area contributed by atoms with Crippen LogP contribution in [0.4, 0.5) is 4.79 Å². The Labute approximate surface area is 109 Å². The summed E-state index contributed by atoms with van der Waals surface area (Å²) >= 11 is 0. The Balaban J connectivity index is 4.50. The summed E-state index contributed by atoms with van der Waals surface area (Å²) in [4.78, 5) is 13.4. The van der Waals surface area contributed by atoms with Gasteiger partial charge in [0.1, 0.15) is 5.60 Å². The van der Waals surface area contributed by atoms with Crippen molar-refractivity contribution in [2.24, 2.45) is 0 Å². The number of ether oxygens (including phenoxy) is 3. The Kier molecular flexibility index (Phi) is 7.90. The number of hydrogen-bond donors (Lipinski definition) is 1. The van der Waals surface area contributed by atoms with Crippen molar-refractivity contribution in [2.45, 2.75) is 39.1 Å². The number of aliphatic hydroxyl groups excluding tert-OH is 1. The Morgan fingerprint density at radius 2 is 1.83 bits per heavy atom. The third-order valence-electron chi connectivity index (χ3n) is 2.13. The zero-order valence-corrected chi connectivity index (χ0v) is 11.9. The topological polar surface area (TPSA) is 68.2 Å². The maximum Gasteiger partial charge on any atom is 0.410 e. The van der Waals surface area contributed by atoms with Gasteiger partial charge in [0, 0.05) is 27.4 Å². The Bertz CT molecular complexity index is 235. The van der Waals surface area contributed by atoms with Crippen molar-refractivity contribution in [1.29, 1.82) is 0 Å². The Hall–Kier alpha value is -0.850. The summed E-state index contributed by atoms with van der Waals surface area (Å²) in [6, 6.07) is 0. The van der Waals surface area contributed by atoms with Crippen LogP contribution in [-0.2, 0) is 14.2 Å². The summed E-state index contributed by atoms with van der Waals surface area (Å²) in [6.45, 7) is 6.10. The fourth-order valence-corrected chi connectivity index (χ4v) is 1.27. The minimum atomic E-state index is -0.551. The van der Waals surface area contributed by atoms with Crippen molar-refractivity contribution in [1.82, 2.24) is 4.90 Å². The number of aliphatic hydroxyl groups is 1. The van der Waals surface area contributed by atoms with Crippen LogP contribution in [0.5, 0.6) is 0 Å². The molecule has 0 spiro atoms. The average Bonchev–Trinajstić information content (AvgIpc) is 2.27. The number of carbonyl (C=O) groups is 1. The van der Waals surface area contributed by atoms with Gasteiger partial charge in [0.25, 0.3) is 0 Å². The summed E-state index contributed by atoms with van der Waals surface area (Å²) in [5, 5.41) is 8.84. The lowest BCUT2D eigenvalue weighted by Crippen LogP contribution is -2.42. The lowest BCUT2D eigenvalue weighted by atomic mass is 10.2. The van der Waals surface area contributed by atoms with Crippen LogP contribution < -0.4 is 0 Å². The molecule has 0 heterocycles. The molecule has 0 radical (unpaired) electrons. The molecule has 0 aromatic heterocycles. The molecule has 0 fully saturated rings. The van der Waals surface area contributed by atoms with Gasteiger partial charge in [-0.1, -0.05) is 0 Å². The van der Waals surface area contributed by atoms with Crippen LogP contribution in [0.2, 0.25) is 0 Å². The molecule has 6 nitrogen and oxygen atoms in total. The number of hydrogen-bond acceptors (Lipinski definition) is 5. The SMILES string of the molecule is COC(CN(CCCO)C(=O)OC(C)(C)C)OC. The number of methoxy groups -OCH3 is 2. The van der Waals surface area contributed by atoms with Crippen LogP contribution in [0, 0.1) is 0 Å². The minimum absolute atomic E-state index is 0.0178. The molecular weight excluding hydrogens is 238 g/mol.